The van der Waals surface area contributed by atoms with E-state index in [0.29, 0.717) is 28.4 Å². The second-order valence-corrected chi connectivity index (χ2v) is 7.05. The highest BCUT2D eigenvalue weighted by Gasteiger charge is 2.36. The van der Waals surface area contributed by atoms with Crippen LogP contribution in [-0.2, 0) is 0 Å². The molecule has 1 aliphatic heterocycles. The standard InChI is InChI=1S/C19H23N3O2/c23-18-15-10-5-4-9-14(15)17(20-21-18)19(24)22-12-6-11-16(22)13-7-2-1-3-8-13/h4-5,9-10,13,16H,1-3,6-8,11-12H2,(H,21,23). The molecule has 1 aromatic heterocycles. The predicted octanol–water partition coefficient (Wildman–Crippen LogP) is 3.11. The fourth-order valence-electron chi connectivity index (χ4n) is 4.47. The number of amides is 1. The number of nitrogens with one attached hydrogen (secondary N) is 1. The number of likely N-dealkylation sites (tertiary alicyclic amines) is 1. The maximum atomic E-state index is 13.2. The van der Waals surface area contributed by atoms with E-state index in [9.17, 15) is 9.59 Å². The van der Waals surface area contributed by atoms with E-state index in [0.717, 1.165) is 19.4 Å². The molecule has 2 fully saturated rings. The molecule has 1 saturated heterocycles. The van der Waals surface area contributed by atoms with Crippen LogP contribution in [0, 0.1) is 5.92 Å². The topological polar surface area (TPSA) is 66.1 Å². The Morgan fingerprint density at radius 3 is 2.58 bits per heavy atom. The van der Waals surface area contributed by atoms with Gasteiger partial charge in [-0.25, -0.2) is 5.10 Å². The third-order valence-electron chi connectivity index (χ3n) is 5.65. The number of aromatic amines is 1. The summed E-state index contributed by atoms with van der Waals surface area (Å²) in [5, 5.41) is 7.78. The largest absolute Gasteiger partial charge is 0.334 e. The Morgan fingerprint density at radius 1 is 1.04 bits per heavy atom. The number of aromatic nitrogens is 2. The van der Waals surface area contributed by atoms with E-state index in [4.69, 9.17) is 0 Å². The molecule has 1 aliphatic carbocycles. The SMILES string of the molecule is O=C(c1n[nH]c(=O)c2ccccc12)N1CCCC1C1CCCCC1. The molecule has 4 rings (SSSR count). The lowest BCUT2D eigenvalue weighted by Crippen LogP contribution is -2.41. The van der Waals surface area contributed by atoms with Crippen LogP contribution >= 0.6 is 0 Å². The number of H-pyrrole nitrogens is 1. The molecule has 5 heteroatoms. The zero-order valence-corrected chi connectivity index (χ0v) is 13.8. The molecule has 1 N–H and O–H groups in total. The number of benzene rings is 1. The first-order chi connectivity index (χ1) is 11.8. The summed E-state index contributed by atoms with van der Waals surface area (Å²) in [6.07, 6.45) is 8.50. The van der Waals surface area contributed by atoms with Crippen molar-refractivity contribution in [3.05, 3.63) is 40.3 Å². The van der Waals surface area contributed by atoms with Crippen LogP contribution in [0.2, 0.25) is 0 Å². The van der Waals surface area contributed by atoms with Crippen molar-refractivity contribution >= 4 is 16.7 Å². The van der Waals surface area contributed by atoms with Crippen LogP contribution in [0.15, 0.2) is 29.1 Å². The van der Waals surface area contributed by atoms with Gasteiger partial charge in [-0.05, 0) is 37.7 Å². The van der Waals surface area contributed by atoms with E-state index in [1.165, 1.54) is 32.1 Å². The van der Waals surface area contributed by atoms with Crippen molar-refractivity contribution in [2.24, 2.45) is 5.92 Å². The summed E-state index contributed by atoms with van der Waals surface area (Å²) < 4.78 is 0. The van der Waals surface area contributed by atoms with Crippen LogP contribution in [0.5, 0.6) is 0 Å². The molecule has 1 saturated carbocycles. The van der Waals surface area contributed by atoms with Crippen LogP contribution in [0.1, 0.15) is 55.4 Å². The Morgan fingerprint density at radius 2 is 1.79 bits per heavy atom. The molecular formula is C19H23N3O2. The second-order valence-electron chi connectivity index (χ2n) is 7.05. The molecular weight excluding hydrogens is 302 g/mol. The minimum atomic E-state index is -0.243. The van der Waals surface area contributed by atoms with Crippen molar-refractivity contribution < 1.29 is 4.79 Å². The quantitative estimate of drug-likeness (QED) is 0.922. The van der Waals surface area contributed by atoms with Crippen molar-refractivity contribution in [1.29, 1.82) is 0 Å². The molecule has 1 amide bonds. The first-order valence-electron chi connectivity index (χ1n) is 9.04. The van der Waals surface area contributed by atoms with Crippen LogP contribution in [0.3, 0.4) is 0 Å². The van der Waals surface area contributed by atoms with Crippen LogP contribution in [0.4, 0.5) is 0 Å². The fraction of sp³-hybridized carbons (Fsp3) is 0.526. The van der Waals surface area contributed by atoms with Gasteiger partial charge in [0.25, 0.3) is 11.5 Å². The van der Waals surface area contributed by atoms with Gasteiger partial charge in [-0.15, -0.1) is 0 Å². The minimum absolute atomic E-state index is 0.0319. The molecule has 126 valence electrons. The van der Waals surface area contributed by atoms with Crippen molar-refractivity contribution in [2.45, 2.75) is 51.0 Å². The monoisotopic (exact) mass is 325 g/mol. The molecule has 0 spiro atoms. The molecule has 1 atom stereocenters. The number of nitrogens with zero attached hydrogens (tertiary/aromatic N) is 2. The first kappa shape index (κ1) is 15.4. The summed E-state index contributed by atoms with van der Waals surface area (Å²) >= 11 is 0. The van der Waals surface area contributed by atoms with Gasteiger partial charge in [0.1, 0.15) is 0 Å². The van der Waals surface area contributed by atoms with Gasteiger partial charge in [0.05, 0.1) is 5.39 Å². The highest BCUT2D eigenvalue weighted by molar-refractivity contribution is 6.04. The van der Waals surface area contributed by atoms with Crippen molar-refractivity contribution in [2.75, 3.05) is 6.54 Å². The Kier molecular flexibility index (Phi) is 4.08. The van der Waals surface area contributed by atoms with Gasteiger partial charge >= 0.3 is 0 Å². The summed E-state index contributed by atoms with van der Waals surface area (Å²) in [5.41, 5.74) is 0.139. The molecule has 1 aromatic carbocycles. The van der Waals surface area contributed by atoms with Gasteiger partial charge in [0.2, 0.25) is 0 Å². The molecule has 1 unspecified atom stereocenters. The second kappa shape index (κ2) is 6.38. The Bertz CT molecular complexity index is 808. The average molecular weight is 325 g/mol. The van der Waals surface area contributed by atoms with E-state index in [2.05, 4.69) is 10.2 Å². The van der Waals surface area contributed by atoms with E-state index in [1.54, 1.807) is 6.07 Å². The van der Waals surface area contributed by atoms with Crippen LogP contribution < -0.4 is 5.56 Å². The first-order valence-corrected chi connectivity index (χ1v) is 9.04. The number of carbonyl (C=O) groups excluding carboxylic acids is 1. The minimum Gasteiger partial charge on any atom is -0.334 e. The molecule has 2 heterocycles. The summed E-state index contributed by atoms with van der Waals surface area (Å²) in [7, 11) is 0. The van der Waals surface area contributed by atoms with Gasteiger partial charge in [-0.1, -0.05) is 37.5 Å². The highest BCUT2D eigenvalue weighted by Crippen LogP contribution is 2.35. The molecule has 2 aliphatic rings. The summed E-state index contributed by atoms with van der Waals surface area (Å²) in [6, 6.07) is 7.56. The maximum absolute atomic E-state index is 13.2. The number of fused-ring (bicyclic) bond motifs is 1. The lowest BCUT2D eigenvalue weighted by atomic mass is 9.83. The van der Waals surface area contributed by atoms with Crippen molar-refractivity contribution in [3.8, 4) is 0 Å². The number of hydrogen-bond acceptors (Lipinski definition) is 3. The smallest absolute Gasteiger partial charge is 0.275 e. The average Bonchev–Trinajstić information content (AvgIpc) is 3.12. The van der Waals surface area contributed by atoms with Gasteiger partial charge in [0.15, 0.2) is 5.69 Å². The van der Waals surface area contributed by atoms with E-state index in [1.807, 2.05) is 23.1 Å². The molecule has 0 bridgehead atoms. The zero-order valence-electron chi connectivity index (χ0n) is 13.8. The molecule has 5 nitrogen and oxygen atoms in total. The van der Waals surface area contributed by atoms with Gasteiger partial charge < -0.3 is 4.90 Å². The zero-order chi connectivity index (χ0) is 16.5. The normalized spacial score (nSPS) is 22.2. The van der Waals surface area contributed by atoms with Gasteiger partial charge in [0, 0.05) is 18.0 Å². The van der Waals surface area contributed by atoms with Gasteiger partial charge in [-0.2, -0.15) is 5.10 Å². The van der Waals surface area contributed by atoms with Crippen LogP contribution in [-0.4, -0.2) is 33.6 Å². The van der Waals surface area contributed by atoms with E-state index in [-0.39, 0.29) is 11.5 Å². The molecule has 2 aromatic rings. The lowest BCUT2D eigenvalue weighted by molar-refractivity contribution is 0.0656. The third kappa shape index (κ3) is 2.62. The lowest BCUT2D eigenvalue weighted by Gasteiger charge is -2.34. The summed E-state index contributed by atoms with van der Waals surface area (Å²) in [6.45, 7) is 0.801. The van der Waals surface area contributed by atoms with E-state index < -0.39 is 0 Å². The van der Waals surface area contributed by atoms with Gasteiger partial charge in [-0.3, -0.25) is 9.59 Å². The Hall–Kier alpha value is -2.17. The number of hydrogen-bond donors (Lipinski definition) is 1. The summed E-state index contributed by atoms with van der Waals surface area (Å²) in [4.78, 5) is 27.1. The predicted molar refractivity (Wildman–Crippen MR) is 93.0 cm³/mol. The van der Waals surface area contributed by atoms with E-state index >= 15 is 0 Å². The van der Waals surface area contributed by atoms with Crippen molar-refractivity contribution in [1.82, 2.24) is 15.1 Å². The number of carbonyl (C=O) groups is 1. The third-order valence-corrected chi connectivity index (χ3v) is 5.65. The van der Waals surface area contributed by atoms with Crippen LogP contribution in [0.25, 0.3) is 10.8 Å². The Balaban J connectivity index is 1.68. The van der Waals surface area contributed by atoms with Crippen molar-refractivity contribution in [3.63, 3.8) is 0 Å². The Labute approximate surface area is 141 Å². The molecule has 0 radical (unpaired) electrons. The molecule has 24 heavy (non-hydrogen) atoms. The number of rotatable bonds is 2. The fourth-order valence-corrected chi connectivity index (χ4v) is 4.47. The summed E-state index contributed by atoms with van der Waals surface area (Å²) in [5.74, 6) is 0.592. The highest BCUT2D eigenvalue weighted by atomic mass is 16.2. The maximum Gasteiger partial charge on any atom is 0.275 e.